The van der Waals surface area contributed by atoms with Crippen LogP contribution in [0.15, 0.2) is 17.5 Å². The number of nitrogens with two attached hydrogens (primary N) is 1. The molecule has 0 spiro atoms. The SMILES string of the molecule is NC(C(=O)N(CCO)CCO)c1cccs1. The van der Waals surface area contributed by atoms with Gasteiger partial charge in [0, 0.05) is 18.0 Å². The van der Waals surface area contributed by atoms with Crippen molar-refractivity contribution in [2.24, 2.45) is 5.73 Å². The molecule has 0 aliphatic carbocycles. The highest BCUT2D eigenvalue weighted by Crippen LogP contribution is 2.18. The first kappa shape index (κ1) is 13.1. The van der Waals surface area contributed by atoms with Gasteiger partial charge < -0.3 is 20.8 Å². The van der Waals surface area contributed by atoms with Crippen LogP contribution < -0.4 is 5.73 Å². The first-order valence-electron chi connectivity index (χ1n) is 5.00. The van der Waals surface area contributed by atoms with Crippen LogP contribution in [-0.2, 0) is 4.79 Å². The Morgan fingerprint density at radius 3 is 2.50 bits per heavy atom. The van der Waals surface area contributed by atoms with Gasteiger partial charge in [-0.15, -0.1) is 11.3 Å². The van der Waals surface area contributed by atoms with Gasteiger partial charge in [-0.2, -0.15) is 0 Å². The maximum absolute atomic E-state index is 11.9. The van der Waals surface area contributed by atoms with Gasteiger partial charge in [0.15, 0.2) is 0 Å². The summed E-state index contributed by atoms with van der Waals surface area (Å²) >= 11 is 1.42. The van der Waals surface area contributed by atoms with Gasteiger partial charge in [0.05, 0.1) is 13.2 Å². The lowest BCUT2D eigenvalue weighted by Crippen LogP contribution is -2.41. The molecule has 0 aromatic carbocycles. The third kappa shape index (κ3) is 3.28. The number of hydrogen-bond acceptors (Lipinski definition) is 5. The van der Waals surface area contributed by atoms with Crippen molar-refractivity contribution in [1.82, 2.24) is 4.90 Å². The summed E-state index contributed by atoms with van der Waals surface area (Å²) in [5.74, 6) is -0.273. The minimum Gasteiger partial charge on any atom is -0.395 e. The van der Waals surface area contributed by atoms with Crippen molar-refractivity contribution in [3.8, 4) is 0 Å². The van der Waals surface area contributed by atoms with Crippen molar-refractivity contribution in [2.45, 2.75) is 6.04 Å². The van der Waals surface area contributed by atoms with E-state index in [4.69, 9.17) is 15.9 Å². The minimum absolute atomic E-state index is 0.136. The molecule has 0 aliphatic heterocycles. The zero-order valence-corrected chi connectivity index (χ0v) is 9.69. The van der Waals surface area contributed by atoms with Gasteiger partial charge in [-0.1, -0.05) is 6.07 Å². The molecule has 90 valence electrons. The van der Waals surface area contributed by atoms with Gasteiger partial charge in [-0.25, -0.2) is 0 Å². The van der Waals surface area contributed by atoms with Crippen molar-refractivity contribution >= 4 is 17.2 Å². The molecule has 1 unspecified atom stereocenters. The molecule has 5 nitrogen and oxygen atoms in total. The zero-order valence-electron chi connectivity index (χ0n) is 8.87. The first-order chi connectivity index (χ1) is 7.70. The van der Waals surface area contributed by atoms with Gasteiger partial charge in [0.25, 0.3) is 0 Å². The number of aliphatic hydroxyl groups excluding tert-OH is 2. The molecule has 1 aromatic rings. The van der Waals surface area contributed by atoms with E-state index in [1.54, 1.807) is 6.07 Å². The van der Waals surface area contributed by atoms with Crippen molar-refractivity contribution < 1.29 is 15.0 Å². The fourth-order valence-electron chi connectivity index (χ4n) is 1.36. The molecular weight excluding hydrogens is 228 g/mol. The normalized spacial score (nSPS) is 12.4. The number of aliphatic hydroxyl groups is 2. The molecule has 16 heavy (non-hydrogen) atoms. The summed E-state index contributed by atoms with van der Waals surface area (Å²) in [6.07, 6.45) is 0. The molecule has 1 heterocycles. The van der Waals surface area contributed by atoms with E-state index in [-0.39, 0.29) is 32.2 Å². The molecule has 4 N–H and O–H groups in total. The average molecular weight is 244 g/mol. The van der Waals surface area contributed by atoms with Crippen molar-refractivity contribution in [2.75, 3.05) is 26.3 Å². The maximum atomic E-state index is 11.9. The zero-order chi connectivity index (χ0) is 12.0. The van der Waals surface area contributed by atoms with E-state index in [0.29, 0.717) is 0 Å². The Morgan fingerprint density at radius 2 is 2.06 bits per heavy atom. The fourth-order valence-corrected chi connectivity index (χ4v) is 2.08. The number of hydrogen-bond donors (Lipinski definition) is 3. The second-order valence-electron chi connectivity index (χ2n) is 3.27. The van der Waals surface area contributed by atoms with Gasteiger partial charge in [-0.3, -0.25) is 4.79 Å². The van der Waals surface area contributed by atoms with Crippen molar-refractivity contribution in [1.29, 1.82) is 0 Å². The highest BCUT2D eigenvalue weighted by atomic mass is 32.1. The van der Waals surface area contributed by atoms with E-state index < -0.39 is 6.04 Å². The van der Waals surface area contributed by atoms with Gasteiger partial charge in [-0.05, 0) is 11.4 Å². The van der Waals surface area contributed by atoms with E-state index in [1.807, 2.05) is 11.4 Å². The molecular formula is C10H16N2O3S. The Balaban J connectivity index is 2.66. The molecule has 0 aliphatic rings. The van der Waals surface area contributed by atoms with E-state index in [0.717, 1.165) is 4.88 Å². The second kappa shape index (κ2) is 6.59. The first-order valence-corrected chi connectivity index (χ1v) is 5.88. The largest absolute Gasteiger partial charge is 0.395 e. The molecule has 0 bridgehead atoms. The highest BCUT2D eigenvalue weighted by Gasteiger charge is 2.22. The van der Waals surface area contributed by atoms with E-state index in [9.17, 15) is 4.79 Å². The van der Waals surface area contributed by atoms with E-state index in [1.165, 1.54) is 16.2 Å². The quantitative estimate of drug-likeness (QED) is 0.633. The van der Waals surface area contributed by atoms with Crippen LogP contribution in [0.25, 0.3) is 0 Å². The van der Waals surface area contributed by atoms with Crippen LogP contribution in [0.3, 0.4) is 0 Å². The van der Waals surface area contributed by atoms with Crippen LogP contribution in [0.2, 0.25) is 0 Å². The van der Waals surface area contributed by atoms with Crippen LogP contribution in [0.4, 0.5) is 0 Å². The number of thiophene rings is 1. The predicted octanol–water partition coefficient (Wildman–Crippen LogP) is -0.439. The lowest BCUT2D eigenvalue weighted by molar-refractivity contribution is -0.133. The van der Waals surface area contributed by atoms with Crippen LogP contribution in [0.5, 0.6) is 0 Å². The highest BCUT2D eigenvalue weighted by molar-refractivity contribution is 7.10. The summed E-state index contributed by atoms with van der Waals surface area (Å²) in [5.41, 5.74) is 5.80. The minimum atomic E-state index is -0.710. The lowest BCUT2D eigenvalue weighted by Gasteiger charge is -2.23. The Labute approximate surface area is 98.1 Å². The fraction of sp³-hybridized carbons (Fsp3) is 0.500. The van der Waals surface area contributed by atoms with Gasteiger partial charge >= 0.3 is 0 Å². The van der Waals surface area contributed by atoms with Crippen LogP contribution >= 0.6 is 11.3 Å². The van der Waals surface area contributed by atoms with Gasteiger partial charge in [0.1, 0.15) is 6.04 Å². The molecule has 0 radical (unpaired) electrons. The smallest absolute Gasteiger partial charge is 0.245 e. The maximum Gasteiger partial charge on any atom is 0.245 e. The summed E-state index contributed by atoms with van der Waals surface area (Å²) in [4.78, 5) is 14.1. The Morgan fingerprint density at radius 1 is 1.44 bits per heavy atom. The number of nitrogens with zero attached hydrogens (tertiary/aromatic N) is 1. The monoisotopic (exact) mass is 244 g/mol. The topological polar surface area (TPSA) is 86.8 Å². The van der Waals surface area contributed by atoms with E-state index >= 15 is 0 Å². The van der Waals surface area contributed by atoms with Crippen LogP contribution in [-0.4, -0.2) is 47.3 Å². The number of carbonyl (C=O) groups excluding carboxylic acids is 1. The Hall–Kier alpha value is -0.950. The second-order valence-corrected chi connectivity index (χ2v) is 4.24. The molecule has 0 saturated heterocycles. The molecule has 0 saturated carbocycles. The van der Waals surface area contributed by atoms with Crippen molar-refractivity contribution in [3.63, 3.8) is 0 Å². The summed E-state index contributed by atoms with van der Waals surface area (Å²) in [6.45, 7) is 0.114. The average Bonchev–Trinajstić information content (AvgIpc) is 2.80. The third-order valence-electron chi connectivity index (χ3n) is 2.17. The number of rotatable bonds is 6. The molecule has 6 heteroatoms. The number of amides is 1. The predicted molar refractivity (Wildman–Crippen MR) is 62.0 cm³/mol. The summed E-state index contributed by atoms with van der Waals surface area (Å²) in [5, 5.41) is 19.5. The molecule has 1 rings (SSSR count). The van der Waals surface area contributed by atoms with Crippen molar-refractivity contribution in [3.05, 3.63) is 22.4 Å². The molecule has 1 atom stereocenters. The Kier molecular flexibility index (Phi) is 5.41. The summed E-state index contributed by atoms with van der Waals surface area (Å²) in [6, 6.07) is 2.91. The van der Waals surface area contributed by atoms with E-state index in [2.05, 4.69) is 0 Å². The molecule has 1 aromatic heterocycles. The molecule has 0 fully saturated rings. The van der Waals surface area contributed by atoms with Crippen LogP contribution in [0, 0.1) is 0 Å². The molecule has 1 amide bonds. The third-order valence-corrected chi connectivity index (χ3v) is 3.12. The Bertz CT molecular complexity index is 310. The number of carbonyl (C=O) groups is 1. The van der Waals surface area contributed by atoms with Gasteiger partial charge in [0.2, 0.25) is 5.91 Å². The van der Waals surface area contributed by atoms with Crippen LogP contribution in [0.1, 0.15) is 10.9 Å². The standard InChI is InChI=1S/C10H16N2O3S/c11-9(8-2-1-7-16-8)10(15)12(3-5-13)4-6-14/h1-2,7,9,13-14H,3-6,11H2. The summed E-state index contributed by atoms with van der Waals surface area (Å²) < 4.78 is 0. The summed E-state index contributed by atoms with van der Waals surface area (Å²) in [7, 11) is 0. The lowest BCUT2D eigenvalue weighted by atomic mass is 10.2.